The van der Waals surface area contributed by atoms with Crippen LogP contribution in [0.5, 0.6) is 0 Å². The van der Waals surface area contributed by atoms with Crippen LogP contribution in [0.1, 0.15) is 109 Å². The summed E-state index contributed by atoms with van der Waals surface area (Å²) in [6.07, 6.45) is 11.1. The van der Waals surface area contributed by atoms with E-state index < -0.39 is 35.6 Å². The minimum atomic E-state index is -1.08. The molecular formula is C44H57N9O6. The van der Waals surface area contributed by atoms with E-state index in [1.165, 1.54) is 30.2 Å². The highest BCUT2D eigenvalue weighted by molar-refractivity contribution is 6.26. The summed E-state index contributed by atoms with van der Waals surface area (Å²) in [7, 11) is 0. The van der Waals surface area contributed by atoms with Gasteiger partial charge in [0.1, 0.15) is 18.5 Å². The highest BCUT2D eigenvalue weighted by Crippen LogP contribution is 2.33. The number of ether oxygens (including phenoxy) is 1. The lowest BCUT2D eigenvalue weighted by molar-refractivity contribution is -0.136. The zero-order valence-corrected chi connectivity index (χ0v) is 34.1. The molecule has 15 nitrogen and oxygen atoms in total. The van der Waals surface area contributed by atoms with E-state index >= 15 is 0 Å². The molecule has 3 aromatic rings. The van der Waals surface area contributed by atoms with E-state index in [1.54, 1.807) is 12.1 Å². The van der Waals surface area contributed by atoms with E-state index in [9.17, 15) is 24.0 Å². The van der Waals surface area contributed by atoms with E-state index in [2.05, 4.69) is 59.6 Å². The molecule has 1 atom stereocenters. The molecule has 3 fully saturated rings. The van der Waals surface area contributed by atoms with Crippen LogP contribution in [0.4, 0.5) is 23.1 Å². The first-order valence-corrected chi connectivity index (χ1v) is 21.3. The van der Waals surface area contributed by atoms with Gasteiger partial charge in [0.05, 0.1) is 16.8 Å². The number of rotatable bonds is 18. The molecule has 1 unspecified atom stereocenters. The van der Waals surface area contributed by atoms with E-state index in [-0.39, 0.29) is 36.3 Å². The molecule has 5 amide bonds. The molecule has 0 bridgehead atoms. The lowest BCUT2D eigenvalue weighted by Crippen LogP contribution is -2.54. The minimum absolute atomic E-state index is 0.0302. The number of nitrogen functional groups attached to an aromatic ring is 1. The third-order valence-electron chi connectivity index (χ3n) is 11.9. The van der Waals surface area contributed by atoms with E-state index in [4.69, 9.17) is 10.5 Å². The van der Waals surface area contributed by atoms with Crippen molar-refractivity contribution in [2.45, 2.75) is 103 Å². The van der Waals surface area contributed by atoms with Gasteiger partial charge in [0.25, 0.3) is 11.8 Å². The smallest absolute Gasteiger partial charge is 0.264 e. The fourth-order valence-electron chi connectivity index (χ4n) is 8.85. The molecular weight excluding hydrogens is 751 g/mol. The number of imide groups is 2. The van der Waals surface area contributed by atoms with Crippen molar-refractivity contribution in [3.63, 3.8) is 0 Å². The molecule has 0 radical (unpaired) electrons. The van der Waals surface area contributed by atoms with Crippen molar-refractivity contribution in [3.05, 3.63) is 70.9 Å². The molecule has 59 heavy (non-hydrogen) atoms. The van der Waals surface area contributed by atoms with Crippen molar-refractivity contribution in [1.82, 2.24) is 25.1 Å². The maximum Gasteiger partial charge on any atom is 0.264 e. The monoisotopic (exact) mass is 807 g/mol. The van der Waals surface area contributed by atoms with Crippen molar-refractivity contribution >= 4 is 52.7 Å². The van der Waals surface area contributed by atoms with Gasteiger partial charge < -0.3 is 25.6 Å². The minimum Gasteiger partial charge on any atom is -0.372 e. The quantitative estimate of drug-likeness (QED) is 0.118. The molecule has 4 aliphatic heterocycles. The number of nitrogens with zero attached hydrogens (tertiary/aromatic N) is 6. The fraction of sp³-hybridized carbons (Fsp3) is 0.523. The normalized spacial score (nSPS) is 18.5. The van der Waals surface area contributed by atoms with Gasteiger partial charge in [-0.1, -0.05) is 43.9 Å². The summed E-state index contributed by atoms with van der Waals surface area (Å²) in [5.74, 6) is -1.62. The molecule has 2 aromatic carbocycles. The fourth-order valence-corrected chi connectivity index (χ4v) is 8.85. The number of hydrogen-bond donors (Lipinski definition) is 3. The summed E-state index contributed by atoms with van der Waals surface area (Å²) in [6.45, 7) is 8.35. The second kappa shape index (κ2) is 19.6. The summed E-state index contributed by atoms with van der Waals surface area (Å²) >= 11 is 0. The molecule has 15 heteroatoms. The lowest BCUT2D eigenvalue weighted by atomic mass is 10.0. The van der Waals surface area contributed by atoms with Crippen LogP contribution in [0.3, 0.4) is 0 Å². The Kier molecular flexibility index (Phi) is 13.8. The Morgan fingerprint density at radius 3 is 2.39 bits per heavy atom. The van der Waals surface area contributed by atoms with Crippen LogP contribution in [0, 0.1) is 6.92 Å². The first-order valence-electron chi connectivity index (χ1n) is 21.3. The van der Waals surface area contributed by atoms with Crippen LogP contribution >= 0.6 is 0 Å². The maximum atomic E-state index is 13.3. The number of amides is 5. The van der Waals surface area contributed by atoms with Crippen molar-refractivity contribution in [1.29, 1.82) is 0 Å². The second-order valence-electron chi connectivity index (χ2n) is 16.2. The number of carbonyl (C=O) groups is 5. The van der Waals surface area contributed by atoms with Gasteiger partial charge in [-0.15, -0.1) is 0 Å². The van der Waals surface area contributed by atoms with Gasteiger partial charge in [-0.05, 0) is 88.2 Å². The van der Waals surface area contributed by atoms with Crippen LogP contribution in [-0.4, -0.2) is 107 Å². The Hall–Kier alpha value is -5.41. The molecule has 5 heterocycles. The molecule has 0 spiro atoms. The molecule has 314 valence electrons. The van der Waals surface area contributed by atoms with Gasteiger partial charge in [-0.2, -0.15) is 4.98 Å². The van der Waals surface area contributed by atoms with Crippen LogP contribution in [0.2, 0.25) is 0 Å². The third-order valence-corrected chi connectivity index (χ3v) is 11.9. The summed E-state index contributed by atoms with van der Waals surface area (Å²) in [6, 6.07) is 15.2. The van der Waals surface area contributed by atoms with E-state index in [0.29, 0.717) is 18.6 Å². The van der Waals surface area contributed by atoms with Crippen molar-refractivity contribution in [2.24, 2.45) is 0 Å². The number of nitrogens with two attached hydrogens (primary N) is 1. The van der Waals surface area contributed by atoms with Gasteiger partial charge in [0.2, 0.25) is 23.7 Å². The maximum absolute atomic E-state index is 13.3. The Morgan fingerprint density at radius 1 is 0.881 bits per heavy atom. The Labute approximate surface area is 346 Å². The van der Waals surface area contributed by atoms with Crippen molar-refractivity contribution in [2.75, 3.05) is 66.8 Å². The Morgan fingerprint density at radius 2 is 1.63 bits per heavy atom. The zero-order valence-electron chi connectivity index (χ0n) is 34.1. The number of anilines is 4. The van der Waals surface area contributed by atoms with Gasteiger partial charge in [-0.3, -0.25) is 39.1 Å². The number of piperidine rings is 2. The number of aromatic nitrogens is 2. The summed E-state index contributed by atoms with van der Waals surface area (Å²) in [4.78, 5) is 80.4. The van der Waals surface area contributed by atoms with E-state index in [1.807, 2.05) is 13.0 Å². The molecule has 7 rings (SSSR count). The van der Waals surface area contributed by atoms with Crippen molar-refractivity contribution < 1.29 is 28.7 Å². The molecule has 0 saturated carbocycles. The Balaban J connectivity index is 0.823. The summed E-state index contributed by atoms with van der Waals surface area (Å²) in [5, 5.41) is 4.89. The largest absolute Gasteiger partial charge is 0.372 e. The number of hydrogen-bond acceptors (Lipinski definition) is 12. The lowest BCUT2D eigenvalue weighted by Gasteiger charge is -2.39. The number of benzene rings is 2. The highest BCUT2D eigenvalue weighted by Gasteiger charge is 2.45. The number of unbranched alkanes of at least 4 members (excludes halogenated alkanes) is 5. The van der Waals surface area contributed by atoms with Crippen LogP contribution in [-0.2, 0) is 25.7 Å². The molecule has 0 aliphatic carbocycles. The number of aryl methyl sites for hydroxylation is 1. The highest BCUT2D eigenvalue weighted by atomic mass is 16.5. The number of carbonyl (C=O) groups excluding carboxylic acids is 5. The van der Waals surface area contributed by atoms with Gasteiger partial charge in [0, 0.05) is 69.2 Å². The average Bonchev–Trinajstić information content (AvgIpc) is 3.85. The predicted molar refractivity (Wildman–Crippen MR) is 225 cm³/mol. The van der Waals surface area contributed by atoms with Gasteiger partial charge >= 0.3 is 0 Å². The van der Waals surface area contributed by atoms with Crippen molar-refractivity contribution in [3.8, 4) is 0 Å². The molecule has 3 saturated heterocycles. The van der Waals surface area contributed by atoms with Gasteiger partial charge in [-0.25, -0.2) is 4.98 Å². The topological polar surface area (TPSA) is 183 Å². The SMILES string of the molecule is Cc1cc(N2CCC(N(CCCCCCCCOCC(=O)Nc3cccc4c3C(=O)N(C3CCC(=O)NC3=O)C4=O)Cc3cccc(N4CCCC4)c3)CC2)nc(N)n1. The first-order chi connectivity index (χ1) is 28.6. The zero-order chi connectivity index (χ0) is 41.3. The van der Waals surface area contributed by atoms with Gasteiger partial charge in [0.15, 0.2) is 0 Å². The van der Waals surface area contributed by atoms with Crippen LogP contribution in [0.15, 0.2) is 48.5 Å². The molecule has 4 N–H and O–H groups in total. The van der Waals surface area contributed by atoms with Crippen LogP contribution < -0.4 is 26.2 Å². The first kappa shape index (κ1) is 41.7. The second-order valence-corrected chi connectivity index (χ2v) is 16.2. The third kappa shape index (κ3) is 10.4. The number of nitrogens with one attached hydrogen (secondary N) is 2. The van der Waals surface area contributed by atoms with E-state index in [0.717, 1.165) is 107 Å². The van der Waals surface area contributed by atoms with Crippen LogP contribution in [0.25, 0.3) is 0 Å². The predicted octanol–water partition coefficient (Wildman–Crippen LogP) is 4.84. The summed E-state index contributed by atoms with van der Waals surface area (Å²) < 4.78 is 5.66. The Bertz CT molecular complexity index is 1990. The molecule has 1 aromatic heterocycles. The standard InChI is InChI=1S/C44H57N9O6/c1-30-26-37(48-44(45)46-30)51-23-18-32(19-24-51)52(28-31-12-10-13-33(27-31)50-20-7-8-21-50)22-6-4-2-3-5-9-25-59-29-39(55)47-35-15-11-14-34-40(35)43(58)53(42(34)57)36-16-17-38(54)49-41(36)56/h10-15,26-27,32,36H,2-9,16-25,28-29H2,1H3,(H,47,55)(H2,45,46,48)(H,49,54,56). The molecule has 4 aliphatic rings. The summed E-state index contributed by atoms with van der Waals surface area (Å²) in [5.41, 5.74) is 9.90. The number of fused-ring (bicyclic) bond motifs is 1. The average molecular weight is 808 g/mol.